The molecule has 2 heterocycles. The standard InChI is InChI=1S/C12H18N4S2/c1-5-6-9-14-8(4)10(17-9)11-15-16-12(18-11)13-7(2)3/h7H,5-6H2,1-4H3,(H,13,16). The monoisotopic (exact) mass is 282 g/mol. The van der Waals surface area contributed by atoms with Gasteiger partial charge in [0, 0.05) is 6.04 Å². The van der Waals surface area contributed by atoms with Crippen LogP contribution in [0.3, 0.4) is 0 Å². The first kappa shape index (κ1) is 13.4. The molecule has 0 aliphatic heterocycles. The largest absolute Gasteiger partial charge is 0.358 e. The first-order valence-electron chi connectivity index (χ1n) is 6.16. The van der Waals surface area contributed by atoms with Crippen LogP contribution in [0, 0.1) is 6.92 Å². The molecule has 2 rings (SSSR count). The normalized spacial score (nSPS) is 11.2. The molecule has 0 amide bonds. The third-order valence-electron chi connectivity index (χ3n) is 2.34. The Morgan fingerprint density at radius 1 is 1.22 bits per heavy atom. The minimum atomic E-state index is 0.379. The third kappa shape index (κ3) is 3.05. The Morgan fingerprint density at radius 2 is 2.00 bits per heavy atom. The van der Waals surface area contributed by atoms with Crippen molar-refractivity contribution < 1.29 is 0 Å². The lowest BCUT2D eigenvalue weighted by atomic mass is 10.3. The first-order valence-corrected chi connectivity index (χ1v) is 7.80. The minimum absolute atomic E-state index is 0.379. The molecular weight excluding hydrogens is 264 g/mol. The Hall–Kier alpha value is -1.01. The van der Waals surface area contributed by atoms with Crippen molar-refractivity contribution in [3.63, 3.8) is 0 Å². The van der Waals surface area contributed by atoms with E-state index in [4.69, 9.17) is 0 Å². The summed E-state index contributed by atoms with van der Waals surface area (Å²) < 4.78 is 0. The van der Waals surface area contributed by atoms with Gasteiger partial charge in [-0.1, -0.05) is 18.3 Å². The number of hydrogen-bond donors (Lipinski definition) is 1. The van der Waals surface area contributed by atoms with Gasteiger partial charge in [-0.15, -0.1) is 21.5 Å². The predicted molar refractivity (Wildman–Crippen MR) is 78.5 cm³/mol. The molecule has 0 saturated carbocycles. The number of nitrogens with one attached hydrogen (secondary N) is 1. The Bertz CT molecular complexity index is 516. The Kier molecular flexibility index (Phi) is 4.29. The molecule has 0 atom stereocenters. The van der Waals surface area contributed by atoms with E-state index in [1.807, 2.05) is 6.92 Å². The lowest BCUT2D eigenvalue weighted by Gasteiger charge is -2.02. The van der Waals surface area contributed by atoms with Crippen LogP contribution in [-0.2, 0) is 6.42 Å². The highest BCUT2D eigenvalue weighted by atomic mass is 32.1. The van der Waals surface area contributed by atoms with E-state index in [-0.39, 0.29) is 0 Å². The zero-order valence-electron chi connectivity index (χ0n) is 11.1. The highest BCUT2D eigenvalue weighted by Crippen LogP contribution is 2.34. The van der Waals surface area contributed by atoms with Gasteiger partial charge in [-0.25, -0.2) is 4.98 Å². The van der Waals surface area contributed by atoms with E-state index in [0.717, 1.165) is 33.6 Å². The van der Waals surface area contributed by atoms with Crippen molar-refractivity contribution in [2.45, 2.75) is 46.6 Å². The van der Waals surface area contributed by atoms with E-state index in [9.17, 15) is 0 Å². The maximum atomic E-state index is 4.58. The maximum absolute atomic E-state index is 4.58. The van der Waals surface area contributed by atoms with Gasteiger partial charge in [-0.05, 0) is 33.6 Å². The van der Waals surface area contributed by atoms with Crippen molar-refractivity contribution >= 4 is 27.8 Å². The van der Waals surface area contributed by atoms with Gasteiger partial charge < -0.3 is 5.32 Å². The number of aromatic nitrogens is 3. The fraction of sp³-hybridized carbons (Fsp3) is 0.583. The number of hydrogen-bond acceptors (Lipinski definition) is 6. The summed E-state index contributed by atoms with van der Waals surface area (Å²) in [5.74, 6) is 0. The highest BCUT2D eigenvalue weighted by Gasteiger charge is 2.14. The molecule has 6 heteroatoms. The molecule has 0 unspecified atom stereocenters. The second-order valence-corrected chi connectivity index (χ2v) is 6.54. The molecule has 4 nitrogen and oxygen atoms in total. The summed E-state index contributed by atoms with van der Waals surface area (Å²) >= 11 is 3.34. The van der Waals surface area contributed by atoms with Gasteiger partial charge in [0.15, 0.2) is 5.01 Å². The molecule has 2 aromatic heterocycles. The summed E-state index contributed by atoms with van der Waals surface area (Å²) in [5.41, 5.74) is 1.07. The van der Waals surface area contributed by atoms with Crippen molar-refractivity contribution in [1.29, 1.82) is 0 Å². The lowest BCUT2D eigenvalue weighted by Crippen LogP contribution is -2.08. The molecule has 1 N–H and O–H groups in total. The molecular formula is C12H18N4S2. The molecule has 2 aromatic rings. The maximum Gasteiger partial charge on any atom is 0.206 e. The molecule has 0 radical (unpaired) electrons. The summed E-state index contributed by atoms with van der Waals surface area (Å²) in [6, 6.07) is 0.379. The molecule has 0 aliphatic rings. The van der Waals surface area contributed by atoms with Crippen LogP contribution in [0.5, 0.6) is 0 Å². The Balaban J connectivity index is 2.22. The van der Waals surface area contributed by atoms with Crippen molar-refractivity contribution in [2.24, 2.45) is 0 Å². The van der Waals surface area contributed by atoms with Gasteiger partial charge in [0.25, 0.3) is 0 Å². The van der Waals surface area contributed by atoms with Gasteiger partial charge in [0.2, 0.25) is 5.13 Å². The molecule has 0 fully saturated rings. The molecule has 0 spiro atoms. The molecule has 0 aliphatic carbocycles. The zero-order valence-corrected chi connectivity index (χ0v) is 12.8. The molecule has 0 aromatic carbocycles. The van der Waals surface area contributed by atoms with Crippen molar-refractivity contribution in [3.8, 4) is 9.88 Å². The summed E-state index contributed by atoms with van der Waals surface area (Å²) in [6.07, 6.45) is 2.17. The fourth-order valence-electron chi connectivity index (χ4n) is 1.59. The average molecular weight is 282 g/mol. The van der Waals surface area contributed by atoms with Crippen molar-refractivity contribution in [2.75, 3.05) is 5.32 Å². The van der Waals surface area contributed by atoms with Gasteiger partial charge in [0.05, 0.1) is 15.6 Å². The average Bonchev–Trinajstić information content (AvgIpc) is 2.85. The van der Waals surface area contributed by atoms with Crippen molar-refractivity contribution in [1.82, 2.24) is 15.2 Å². The summed E-state index contributed by atoms with van der Waals surface area (Å²) in [4.78, 5) is 5.74. The van der Waals surface area contributed by atoms with E-state index in [2.05, 4.69) is 41.3 Å². The smallest absolute Gasteiger partial charge is 0.206 e. The van der Waals surface area contributed by atoms with Gasteiger partial charge in [-0.3, -0.25) is 0 Å². The van der Waals surface area contributed by atoms with Gasteiger partial charge in [-0.2, -0.15) is 0 Å². The van der Waals surface area contributed by atoms with Crippen LogP contribution in [0.1, 0.15) is 37.9 Å². The zero-order chi connectivity index (χ0) is 13.1. The molecule has 0 saturated heterocycles. The van der Waals surface area contributed by atoms with Crippen LogP contribution in [-0.4, -0.2) is 21.2 Å². The van der Waals surface area contributed by atoms with Crippen LogP contribution in [0.4, 0.5) is 5.13 Å². The summed E-state index contributed by atoms with van der Waals surface area (Å²) in [5, 5.41) is 14.7. The number of aryl methyl sites for hydroxylation is 2. The van der Waals surface area contributed by atoms with Gasteiger partial charge >= 0.3 is 0 Å². The second kappa shape index (κ2) is 5.75. The van der Waals surface area contributed by atoms with Crippen LogP contribution >= 0.6 is 22.7 Å². The van der Waals surface area contributed by atoms with Crippen LogP contribution in [0.25, 0.3) is 9.88 Å². The fourth-order valence-corrected chi connectivity index (χ4v) is 3.77. The lowest BCUT2D eigenvalue weighted by molar-refractivity contribution is 0.888. The second-order valence-electron chi connectivity index (χ2n) is 4.48. The third-order valence-corrected chi connectivity index (χ3v) is 4.56. The SMILES string of the molecule is CCCc1nc(C)c(-c2nnc(NC(C)C)s2)s1. The van der Waals surface area contributed by atoms with E-state index < -0.39 is 0 Å². The molecule has 0 bridgehead atoms. The Labute approximate surface area is 116 Å². The van der Waals surface area contributed by atoms with E-state index in [1.165, 1.54) is 5.01 Å². The quantitative estimate of drug-likeness (QED) is 0.907. The van der Waals surface area contributed by atoms with Crippen LogP contribution in [0.2, 0.25) is 0 Å². The first-order chi connectivity index (χ1) is 8.60. The van der Waals surface area contributed by atoms with Crippen LogP contribution < -0.4 is 5.32 Å². The highest BCUT2D eigenvalue weighted by molar-refractivity contribution is 7.23. The van der Waals surface area contributed by atoms with E-state index in [1.54, 1.807) is 22.7 Å². The van der Waals surface area contributed by atoms with Crippen molar-refractivity contribution in [3.05, 3.63) is 10.7 Å². The predicted octanol–water partition coefficient (Wildman–Crippen LogP) is 3.74. The van der Waals surface area contributed by atoms with E-state index >= 15 is 0 Å². The Morgan fingerprint density at radius 3 is 2.67 bits per heavy atom. The summed E-state index contributed by atoms with van der Waals surface area (Å²) in [7, 11) is 0. The number of thiazole rings is 1. The topological polar surface area (TPSA) is 50.7 Å². The summed E-state index contributed by atoms with van der Waals surface area (Å²) in [6.45, 7) is 8.41. The van der Waals surface area contributed by atoms with Gasteiger partial charge in [0.1, 0.15) is 0 Å². The number of anilines is 1. The van der Waals surface area contributed by atoms with Crippen LogP contribution in [0.15, 0.2) is 0 Å². The molecule has 98 valence electrons. The number of nitrogens with zero attached hydrogens (tertiary/aromatic N) is 3. The number of rotatable bonds is 5. The van der Waals surface area contributed by atoms with E-state index in [0.29, 0.717) is 6.04 Å². The molecule has 18 heavy (non-hydrogen) atoms. The minimum Gasteiger partial charge on any atom is -0.358 e.